The van der Waals surface area contributed by atoms with E-state index in [9.17, 15) is 4.79 Å². The summed E-state index contributed by atoms with van der Waals surface area (Å²) in [6.45, 7) is 5.67. The van der Waals surface area contributed by atoms with Gasteiger partial charge in [-0.2, -0.15) is 5.10 Å². The van der Waals surface area contributed by atoms with Gasteiger partial charge in [0.25, 0.3) is 0 Å². The third-order valence-corrected chi connectivity index (χ3v) is 4.24. The summed E-state index contributed by atoms with van der Waals surface area (Å²) in [6, 6.07) is 12.9. The molecule has 0 saturated carbocycles. The van der Waals surface area contributed by atoms with Crippen molar-refractivity contribution in [1.29, 1.82) is 0 Å². The zero-order valence-corrected chi connectivity index (χ0v) is 14.4. The number of rotatable bonds is 5. The smallest absolute Gasteiger partial charge is 0.308 e. The van der Waals surface area contributed by atoms with Gasteiger partial charge >= 0.3 is 6.03 Å². The van der Waals surface area contributed by atoms with E-state index in [4.69, 9.17) is 0 Å². The number of hydrogen-bond donors (Lipinski definition) is 3. The first-order chi connectivity index (χ1) is 12.1. The Kier molecular flexibility index (Phi) is 5.15. The molecule has 0 fully saturated rings. The minimum absolute atomic E-state index is 0.344. The van der Waals surface area contributed by atoms with Gasteiger partial charge in [0.15, 0.2) is 0 Å². The molecule has 2 aromatic heterocycles. The van der Waals surface area contributed by atoms with Gasteiger partial charge in [-0.15, -0.1) is 0 Å². The maximum Gasteiger partial charge on any atom is 0.324 e. The molecule has 2 amide bonds. The summed E-state index contributed by atoms with van der Waals surface area (Å²) in [5.74, 6) is 0.512. The highest BCUT2D eigenvalue weighted by Gasteiger charge is 2.07. The Hall–Kier alpha value is -3.06. The van der Waals surface area contributed by atoms with Gasteiger partial charge in [-0.1, -0.05) is 24.4 Å². The highest BCUT2D eigenvalue weighted by Crippen LogP contribution is 2.28. The van der Waals surface area contributed by atoms with Crippen molar-refractivity contribution in [2.45, 2.75) is 16.7 Å². The van der Waals surface area contributed by atoms with E-state index >= 15 is 0 Å². The van der Waals surface area contributed by atoms with Crippen LogP contribution in [-0.4, -0.2) is 21.2 Å². The van der Waals surface area contributed by atoms with Gasteiger partial charge in [-0.25, -0.2) is 4.79 Å². The Balaban J connectivity index is 1.63. The fourth-order valence-electron chi connectivity index (χ4n) is 2.07. The lowest BCUT2D eigenvalue weighted by Gasteiger charge is -2.08. The summed E-state index contributed by atoms with van der Waals surface area (Å²) in [5.41, 5.74) is 2.24. The zero-order valence-electron chi connectivity index (χ0n) is 13.6. The fourth-order valence-corrected chi connectivity index (χ4v) is 2.93. The second kappa shape index (κ2) is 7.67. The minimum Gasteiger partial charge on any atom is -0.308 e. The molecule has 7 heteroatoms. The molecule has 126 valence electrons. The number of H-pyrrole nitrogens is 1. The lowest BCUT2D eigenvalue weighted by Crippen LogP contribution is -2.19. The molecule has 3 aromatic rings. The Labute approximate surface area is 149 Å². The molecule has 0 radical (unpaired) electrons. The molecule has 0 aliphatic heterocycles. The van der Waals surface area contributed by atoms with Crippen molar-refractivity contribution in [2.75, 3.05) is 10.6 Å². The van der Waals surface area contributed by atoms with Crippen LogP contribution in [0.1, 0.15) is 12.6 Å². The van der Waals surface area contributed by atoms with E-state index in [1.165, 1.54) is 0 Å². The van der Waals surface area contributed by atoms with Gasteiger partial charge in [0.1, 0.15) is 5.82 Å². The van der Waals surface area contributed by atoms with E-state index in [0.29, 0.717) is 17.2 Å². The molecule has 0 aliphatic rings. The Morgan fingerprint density at radius 2 is 1.92 bits per heavy atom. The summed E-state index contributed by atoms with van der Waals surface area (Å²) in [7, 11) is 0. The molecule has 0 aliphatic carbocycles. The number of nitrogens with zero attached hydrogens (tertiary/aromatic N) is 2. The van der Waals surface area contributed by atoms with Crippen LogP contribution in [0.5, 0.6) is 0 Å². The van der Waals surface area contributed by atoms with Crippen LogP contribution in [0.15, 0.2) is 71.2 Å². The average Bonchev–Trinajstić information content (AvgIpc) is 3.05. The van der Waals surface area contributed by atoms with Crippen LogP contribution in [0.2, 0.25) is 0 Å². The molecule has 25 heavy (non-hydrogen) atoms. The molecule has 1 aromatic carbocycles. The number of aromatic amines is 1. The normalized spacial score (nSPS) is 10.3. The van der Waals surface area contributed by atoms with Crippen molar-refractivity contribution in [2.24, 2.45) is 0 Å². The number of pyridine rings is 1. The number of benzene rings is 1. The Bertz CT molecular complexity index is 891. The largest absolute Gasteiger partial charge is 0.324 e. The van der Waals surface area contributed by atoms with E-state index in [2.05, 4.69) is 32.4 Å². The lowest BCUT2D eigenvalue weighted by molar-refractivity contribution is 0.262. The first-order valence-corrected chi connectivity index (χ1v) is 8.39. The highest BCUT2D eigenvalue weighted by molar-refractivity contribution is 7.99. The van der Waals surface area contributed by atoms with Gasteiger partial charge in [-0.05, 0) is 42.8 Å². The summed E-state index contributed by atoms with van der Waals surface area (Å²) in [6.07, 6.45) is 3.50. The lowest BCUT2D eigenvalue weighted by atomic mass is 10.2. The average molecular weight is 351 g/mol. The maximum absolute atomic E-state index is 12.1. The van der Waals surface area contributed by atoms with Crippen molar-refractivity contribution in [3.63, 3.8) is 0 Å². The summed E-state index contributed by atoms with van der Waals surface area (Å²) < 4.78 is 0. The number of urea groups is 1. The molecule has 0 atom stereocenters. The molecule has 0 unspecified atom stereocenters. The molecular weight excluding hydrogens is 334 g/mol. The molecule has 3 N–H and O–H groups in total. The Morgan fingerprint density at radius 3 is 2.64 bits per heavy atom. The number of amides is 2. The van der Waals surface area contributed by atoms with Crippen LogP contribution >= 0.6 is 11.8 Å². The summed E-state index contributed by atoms with van der Waals surface area (Å²) in [4.78, 5) is 18.2. The SMILES string of the molecule is C=C(C)c1cc(NC(=O)Nc2cccc(Sc3ccncc3)c2)[nH]n1. The van der Waals surface area contributed by atoms with Gasteiger partial charge in [0, 0.05) is 33.9 Å². The van der Waals surface area contributed by atoms with E-state index < -0.39 is 0 Å². The maximum atomic E-state index is 12.1. The van der Waals surface area contributed by atoms with Crippen LogP contribution < -0.4 is 10.6 Å². The quantitative estimate of drug-likeness (QED) is 0.626. The van der Waals surface area contributed by atoms with E-state index in [0.717, 1.165) is 15.4 Å². The molecule has 0 saturated heterocycles. The third kappa shape index (κ3) is 4.71. The topological polar surface area (TPSA) is 82.7 Å². The fraction of sp³-hybridized carbons (Fsp3) is 0.0556. The minimum atomic E-state index is -0.344. The summed E-state index contributed by atoms with van der Waals surface area (Å²) >= 11 is 1.60. The third-order valence-electron chi connectivity index (χ3n) is 3.24. The summed E-state index contributed by atoms with van der Waals surface area (Å²) in [5, 5.41) is 12.3. The Morgan fingerprint density at radius 1 is 1.12 bits per heavy atom. The number of carbonyl (C=O) groups is 1. The number of hydrogen-bond acceptors (Lipinski definition) is 4. The van der Waals surface area contributed by atoms with Crippen molar-refractivity contribution in [3.8, 4) is 0 Å². The van der Waals surface area contributed by atoms with Crippen LogP contribution in [0.25, 0.3) is 5.57 Å². The van der Waals surface area contributed by atoms with Gasteiger partial charge in [-0.3, -0.25) is 15.4 Å². The predicted octanol–water partition coefficient (Wildman–Crippen LogP) is 4.63. The number of nitrogens with one attached hydrogen (secondary N) is 3. The second-order valence-corrected chi connectivity index (χ2v) is 6.49. The van der Waals surface area contributed by atoms with E-state index in [-0.39, 0.29) is 6.03 Å². The number of aromatic nitrogens is 3. The van der Waals surface area contributed by atoms with Gasteiger partial charge < -0.3 is 5.32 Å². The van der Waals surface area contributed by atoms with Crippen molar-refractivity contribution in [3.05, 3.63) is 67.1 Å². The molecule has 0 bridgehead atoms. The van der Waals surface area contributed by atoms with Crippen LogP contribution in [0, 0.1) is 0 Å². The van der Waals surface area contributed by atoms with Crippen LogP contribution in [-0.2, 0) is 0 Å². The van der Waals surface area contributed by atoms with E-state index in [1.54, 1.807) is 30.2 Å². The predicted molar refractivity (Wildman–Crippen MR) is 101 cm³/mol. The standard InChI is InChI=1S/C18H17N5OS/c1-12(2)16-11-17(23-22-16)21-18(24)20-13-4-3-5-15(10-13)25-14-6-8-19-9-7-14/h3-11H,1H2,2H3,(H3,20,21,22,23,24). The zero-order chi connectivity index (χ0) is 17.6. The highest BCUT2D eigenvalue weighted by atomic mass is 32.2. The van der Waals surface area contributed by atoms with Crippen molar-refractivity contribution < 1.29 is 4.79 Å². The number of carbonyl (C=O) groups excluding carboxylic acids is 1. The molecule has 6 nitrogen and oxygen atoms in total. The van der Waals surface area contributed by atoms with Crippen LogP contribution in [0.4, 0.5) is 16.3 Å². The van der Waals surface area contributed by atoms with Crippen molar-refractivity contribution in [1.82, 2.24) is 15.2 Å². The first-order valence-electron chi connectivity index (χ1n) is 7.57. The number of anilines is 2. The molecular formula is C18H17N5OS. The monoisotopic (exact) mass is 351 g/mol. The second-order valence-electron chi connectivity index (χ2n) is 5.34. The molecule has 3 rings (SSSR count). The molecule has 2 heterocycles. The van der Waals surface area contributed by atoms with Crippen LogP contribution in [0.3, 0.4) is 0 Å². The van der Waals surface area contributed by atoms with E-state index in [1.807, 2.05) is 43.3 Å². The molecule has 0 spiro atoms. The first kappa shape index (κ1) is 16.8. The van der Waals surface area contributed by atoms with Gasteiger partial charge in [0.2, 0.25) is 0 Å². The number of allylic oxidation sites excluding steroid dienone is 1. The van der Waals surface area contributed by atoms with Gasteiger partial charge in [0.05, 0.1) is 5.69 Å². The van der Waals surface area contributed by atoms with Crippen molar-refractivity contribution >= 4 is 34.9 Å².